The van der Waals surface area contributed by atoms with Gasteiger partial charge in [0.15, 0.2) is 11.5 Å². The molecule has 9 heteroatoms. The van der Waals surface area contributed by atoms with Crippen molar-refractivity contribution in [1.82, 2.24) is 29.6 Å². The molecule has 0 saturated heterocycles. The Morgan fingerprint density at radius 2 is 2.00 bits per heavy atom. The van der Waals surface area contributed by atoms with E-state index in [1.54, 1.807) is 33.8 Å². The lowest BCUT2D eigenvalue weighted by molar-refractivity contribution is 0.214. The normalized spacial score (nSPS) is 18.4. The fourth-order valence-corrected chi connectivity index (χ4v) is 5.38. The summed E-state index contributed by atoms with van der Waals surface area (Å²) in [6, 6.07) is 11.7. The van der Waals surface area contributed by atoms with Gasteiger partial charge in [0.25, 0.3) is 5.56 Å². The molecule has 36 heavy (non-hydrogen) atoms. The van der Waals surface area contributed by atoms with Gasteiger partial charge in [-0.1, -0.05) is 12.1 Å². The predicted octanol–water partition coefficient (Wildman–Crippen LogP) is 4.40. The van der Waals surface area contributed by atoms with Crippen LogP contribution in [0.3, 0.4) is 0 Å². The first kappa shape index (κ1) is 21.7. The third-order valence-corrected chi connectivity index (χ3v) is 7.56. The van der Waals surface area contributed by atoms with E-state index in [9.17, 15) is 9.18 Å². The molecule has 0 unspecified atom stereocenters. The van der Waals surface area contributed by atoms with E-state index in [2.05, 4.69) is 38.8 Å². The quantitative estimate of drug-likeness (QED) is 0.436. The molecule has 2 N–H and O–H groups in total. The summed E-state index contributed by atoms with van der Waals surface area (Å²) in [7, 11) is 0. The van der Waals surface area contributed by atoms with Gasteiger partial charge in [-0.2, -0.15) is 4.98 Å². The van der Waals surface area contributed by atoms with Crippen LogP contribution in [0, 0.1) is 0 Å². The summed E-state index contributed by atoms with van der Waals surface area (Å²) in [6.07, 6.45) is 6.77. The zero-order valence-corrected chi connectivity index (χ0v) is 20.4. The number of pyridine rings is 1. The maximum atomic E-state index is 14.7. The molecule has 2 saturated carbocycles. The predicted molar refractivity (Wildman–Crippen MR) is 136 cm³/mol. The number of hydrogen-bond acceptors (Lipinski definition) is 6. The van der Waals surface area contributed by atoms with E-state index in [4.69, 9.17) is 4.98 Å². The number of anilines is 2. The minimum Gasteiger partial charge on any atom is -0.324 e. The molecule has 0 amide bonds. The highest BCUT2D eigenvalue weighted by atomic mass is 19.1. The summed E-state index contributed by atoms with van der Waals surface area (Å²) >= 11 is 0. The molecule has 8 nitrogen and oxygen atoms in total. The first-order valence-corrected chi connectivity index (χ1v) is 12.6. The van der Waals surface area contributed by atoms with Crippen LogP contribution >= 0.6 is 0 Å². The Balaban J connectivity index is 1.32. The van der Waals surface area contributed by atoms with Crippen LogP contribution in [0.5, 0.6) is 0 Å². The Morgan fingerprint density at radius 1 is 1.17 bits per heavy atom. The van der Waals surface area contributed by atoms with Crippen LogP contribution in [0.15, 0.2) is 47.4 Å². The largest absolute Gasteiger partial charge is 0.324 e. The second kappa shape index (κ2) is 7.46. The van der Waals surface area contributed by atoms with E-state index in [0.717, 1.165) is 31.5 Å². The third kappa shape index (κ3) is 3.44. The molecule has 1 aliphatic heterocycles. The number of aromatic nitrogens is 5. The van der Waals surface area contributed by atoms with Gasteiger partial charge in [0.2, 0.25) is 5.95 Å². The molecule has 0 bridgehead atoms. The number of benzene rings is 1. The minimum absolute atomic E-state index is 0.0796. The fraction of sp³-hybridized carbons (Fsp3) is 0.407. The van der Waals surface area contributed by atoms with Crippen LogP contribution < -0.4 is 16.2 Å². The average Bonchev–Trinajstić information content (AvgIpc) is 3.79. The second-order valence-corrected chi connectivity index (χ2v) is 10.7. The van der Waals surface area contributed by atoms with Gasteiger partial charge in [-0.05, 0) is 81.3 Å². The van der Waals surface area contributed by atoms with Gasteiger partial charge in [-0.25, -0.2) is 23.7 Å². The van der Waals surface area contributed by atoms with Crippen LogP contribution in [-0.4, -0.2) is 30.9 Å². The van der Waals surface area contributed by atoms with Crippen molar-refractivity contribution in [2.24, 2.45) is 0 Å². The zero-order chi connectivity index (χ0) is 24.7. The van der Waals surface area contributed by atoms with Crippen LogP contribution in [0.4, 0.5) is 16.0 Å². The molecule has 1 spiro atoms. The maximum absolute atomic E-state index is 14.7. The van der Waals surface area contributed by atoms with Crippen molar-refractivity contribution < 1.29 is 4.39 Å². The highest BCUT2D eigenvalue weighted by Gasteiger charge is 2.46. The summed E-state index contributed by atoms with van der Waals surface area (Å²) in [5.41, 5.74) is 2.86. The summed E-state index contributed by atoms with van der Waals surface area (Å²) in [6.45, 7) is 3.94. The van der Waals surface area contributed by atoms with Crippen LogP contribution in [-0.2, 0) is 17.6 Å². The Labute approximate surface area is 207 Å². The summed E-state index contributed by atoms with van der Waals surface area (Å²) in [5, 5.41) is 7.42. The molecule has 0 radical (unpaired) electrons. The zero-order valence-electron chi connectivity index (χ0n) is 20.4. The number of fused-ring (bicyclic) bond motifs is 3. The molecular weight excluding hydrogens is 457 g/mol. The molecule has 4 aromatic rings. The number of nitrogens with zero attached hydrogens (tertiary/aromatic N) is 5. The summed E-state index contributed by atoms with van der Waals surface area (Å²) in [4.78, 5) is 27.1. The van der Waals surface area contributed by atoms with Crippen molar-refractivity contribution in [3.63, 3.8) is 0 Å². The molecule has 2 fully saturated rings. The summed E-state index contributed by atoms with van der Waals surface area (Å²) < 4.78 is 18.1. The van der Waals surface area contributed by atoms with Crippen LogP contribution in [0.1, 0.15) is 62.4 Å². The molecule has 0 atom stereocenters. The van der Waals surface area contributed by atoms with Crippen molar-refractivity contribution >= 4 is 22.7 Å². The first-order valence-electron chi connectivity index (χ1n) is 12.6. The number of alkyl halides is 1. The lowest BCUT2D eigenvalue weighted by Crippen LogP contribution is -2.36. The van der Waals surface area contributed by atoms with Crippen molar-refractivity contribution in [2.45, 2.75) is 63.2 Å². The molecule has 1 aromatic carbocycles. The molecule has 4 heterocycles. The lowest BCUT2D eigenvalue weighted by atomic mass is 9.92. The van der Waals surface area contributed by atoms with E-state index < -0.39 is 5.67 Å². The van der Waals surface area contributed by atoms with Gasteiger partial charge in [-0.3, -0.25) is 4.79 Å². The van der Waals surface area contributed by atoms with Gasteiger partial charge in [0.1, 0.15) is 11.1 Å². The second-order valence-electron chi connectivity index (χ2n) is 10.7. The Bertz CT molecular complexity index is 1570. The smallest absolute Gasteiger partial charge is 0.278 e. The van der Waals surface area contributed by atoms with E-state index in [1.165, 1.54) is 37.8 Å². The standard InChI is InChI=1S/C27H28FN7O/c1-26(2,28)21-4-3-5-22(32-21)35-23-19(24(36)34(35)18-7-8-18)15-29-25(33-23)31-17-6-9-20-16(14-17)10-13-30-27(20)11-12-27/h3-6,9,14-15,18,30H,7-8,10-13H2,1-2H3,(H,29,31,33). The topological polar surface area (TPSA) is 89.7 Å². The lowest BCUT2D eigenvalue weighted by Gasteiger charge is -2.27. The van der Waals surface area contributed by atoms with E-state index in [1.807, 2.05) is 0 Å². The Kier molecular flexibility index (Phi) is 4.49. The molecule has 2 aliphatic carbocycles. The minimum atomic E-state index is -1.60. The Hall–Kier alpha value is -3.59. The maximum Gasteiger partial charge on any atom is 0.278 e. The van der Waals surface area contributed by atoms with Gasteiger partial charge < -0.3 is 10.6 Å². The van der Waals surface area contributed by atoms with E-state index in [-0.39, 0.29) is 17.1 Å². The van der Waals surface area contributed by atoms with E-state index in [0.29, 0.717) is 28.5 Å². The fourth-order valence-electron chi connectivity index (χ4n) is 5.38. The molecule has 184 valence electrons. The first-order chi connectivity index (χ1) is 17.3. The van der Waals surface area contributed by atoms with Crippen molar-refractivity contribution in [3.05, 3.63) is 69.8 Å². The number of nitrogens with one attached hydrogen (secondary N) is 2. The molecule has 3 aromatic heterocycles. The number of rotatable bonds is 5. The molecule has 7 rings (SSSR count). The summed E-state index contributed by atoms with van der Waals surface area (Å²) in [5.74, 6) is 0.874. The highest BCUT2D eigenvalue weighted by molar-refractivity contribution is 5.77. The average molecular weight is 486 g/mol. The SMILES string of the molecule is CC(C)(F)c1cccc(-n2c3nc(Nc4ccc5c(c4)CCNC54CC4)ncc3c(=O)n2C2CC2)n1. The van der Waals surface area contributed by atoms with E-state index >= 15 is 0 Å². The molecular formula is C27H28FN7O. The van der Waals surface area contributed by atoms with Crippen molar-refractivity contribution in [2.75, 3.05) is 11.9 Å². The van der Waals surface area contributed by atoms with Crippen LogP contribution in [0.2, 0.25) is 0 Å². The van der Waals surface area contributed by atoms with Crippen LogP contribution in [0.25, 0.3) is 16.9 Å². The van der Waals surface area contributed by atoms with Gasteiger partial charge >= 0.3 is 0 Å². The Morgan fingerprint density at radius 3 is 2.75 bits per heavy atom. The van der Waals surface area contributed by atoms with Gasteiger partial charge in [0, 0.05) is 24.0 Å². The van der Waals surface area contributed by atoms with Gasteiger partial charge in [0.05, 0.1) is 11.7 Å². The highest BCUT2D eigenvalue weighted by Crippen LogP contribution is 2.49. The number of halogens is 1. The van der Waals surface area contributed by atoms with Crippen molar-refractivity contribution in [1.29, 1.82) is 0 Å². The molecule has 3 aliphatic rings. The van der Waals surface area contributed by atoms with Gasteiger partial charge in [-0.15, -0.1) is 0 Å². The van der Waals surface area contributed by atoms with Crippen molar-refractivity contribution in [3.8, 4) is 5.82 Å². The third-order valence-electron chi connectivity index (χ3n) is 7.56. The number of hydrogen-bond donors (Lipinski definition) is 2. The monoisotopic (exact) mass is 485 g/mol.